The molecule has 104 valence electrons. The highest BCUT2D eigenvalue weighted by atomic mass is 16.2. The zero-order valence-corrected chi connectivity index (χ0v) is 12.0. The largest absolute Gasteiger partial charge is 0.329 e. The van der Waals surface area contributed by atoms with Gasteiger partial charge in [-0.3, -0.25) is 9.69 Å². The summed E-state index contributed by atoms with van der Waals surface area (Å²) < 4.78 is 0. The number of hydrogen-bond acceptors (Lipinski definition) is 3. The molecule has 0 radical (unpaired) electrons. The van der Waals surface area contributed by atoms with Crippen LogP contribution in [0.15, 0.2) is 18.2 Å². The lowest BCUT2D eigenvalue weighted by molar-refractivity contribution is -0.118. The van der Waals surface area contributed by atoms with E-state index >= 15 is 0 Å². The fourth-order valence-corrected chi connectivity index (χ4v) is 2.43. The van der Waals surface area contributed by atoms with Crippen molar-refractivity contribution < 1.29 is 4.79 Å². The summed E-state index contributed by atoms with van der Waals surface area (Å²) in [6.07, 6.45) is 1.46. The number of nitrogens with two attached hydrogens (primary N) is 1. The van der Waals surface area contributed by atoms with Gasteiger partial charge in [-0.2, -0.15) is 0 Å². The number of nitrogens with zero attached hydrogens (tertiary/aromatic N) is 2. The average Bonchev–Trinajstić information content (AvgIpc) is 2.42. The van der Waals surface area contributed by atoms with Crippen molar-refractivity contribution in [2.24, 2.45) is 5.73 Å². The van der Waals surface area contributed by atoms with Crippen LogP contribution in [-0.4, -0.2) is 37.5 Å². The second-order valence-corrected chi connectivity index (χ2v) is 5.42. The summed E-state index contributed by atoms with van der Waals surface area (Å²) in [6.45, 7) is 3.69. The number of likely N-dealkylation sites (N-methyl/N-ethyl adjacent to an activating group) is 1. The van der Waals surface area contributed by atoms with Crippen molar-refractivity contribution in [2.45, 2.75) is 32.4 Å². The normalized spacial score (nSPS) is 16.7. The summed E-state index contributed by atoms with van der Waals surface area (Å²) in [7, 11) is 3.94. The maximum atomic E-state index is 11.7. The Hall–Kier alpha value is -1.39. The van der Waals surface area contributed by atoms with E-state index in [0.717, 1.165) is 18.7 Å². The van der Waals surface area contributed by atoms with Crippen LogP contribution in [-0.2, 0) is 17.8 Å². The van der Waals surface area contributed by atoms with Gasteiger partial charge in [0.2, 0.25) is 5.91 Å². The van der Waals surface area contributed by atoms with Crippen LogP contribution in [0.4, 0.5) is 5.69 Å². The molecule has 1 heterocycles. The molecule has 0 fully saturated rings. The number of carbonyl (C=O) groups excluding carboxylic acids is 1. The smallest absolute Gasteiger partial charge is 0.227 e. The molecule has 1 aliphatic heterocycles. The first-order valence-electron chi connectivity index (χ1n) is 6.81. The molecular formula is C15H23N3O. The third kappa shape index (κ3) is 2.96. The zero-order valence-electron chi connectivity index (χ0n) is 12.0. The predicted molar refractivity (Wildman–Crippen MR) is 78.2 cm³/mol. The summed E-state index contributed by atoms with van der Waals surface area (Å²) in [4.78, 5) is 15.7. The Labute approximate surface area is 115 Å². The van der Waals surface area contributed by atoms with Gasteiger partial charge in [-0.15, -0.1) is 0 Å². The van der Waals surface area contributed by atoms with Crippen molar-refractivity contribution >= 4 is 11.6 Å². The van der Waals surface area contributed by atoms with Gasteiger partial charge in [-0.25, -0.2) is 0 Å². The van der Waals surface area contributed by atoms with Crippen LogP contribution in [0.25, 0.3) is 0 Å². The Morgan fingerprint density at radius 1 is 1.42 bits per heavy atom. The molecule has 0 aromatic heterocycles. The maximum absolute atomic E-state index is 11.7. The van der Waals surface area contributed by atoms with E-state index in [1.807, 2.05) is 7.05 Å². The molecule has 0 saturated heterocycles. The monoisotopic (exact) mass is 261 g/mol. The van der Waals surface area contributed by atoms with Gasteiger partial charge in [0.15, 0.2) is 0 Å². The van der Waals surface area contributed by atoms with Gasteiger partial charge in [0.05, 0.1) is 0 Å². The van der Waals surface area contributed by atoms with Gasteiger partial charge < -0.3 is 10.6 Å². The maximum Gasteiger partial charge on any atom is 0.227 e. The molecule has 0 aliphatic carbocycles. The first-order chi connectivity index (χ1) is 9.02. The summed E-state index contributed by atoms with van der Waals surface area (Å²) in [6, 6.07) is 6.76. The molecule has 1 unspecified atom stereocenters. The van der Waals surface area contributed by atoms with E-state index in [1.165, 1.54) is 11.1 Å². The molecule has 1 amide bonds. The van der Waals surface area contributed by atoms with Crippen molar-refractivity contribution in [1.82, 2.24) is 4.90 Å². The molecule has 2 N–H and O–H groups in total. The predicted octanol–water partition coefficient (Wildman–Crippen LogP) is 1.37. The van der Waals surface area contributed by atoms with E-state index in [1.54, 1.807) is 4.90 Å². The minimum Gasteiger partial charge on any atom is -0.329 e. The number of aryl methyl sites for hydroxylation is 1. The van der Waals surface area contributed by atoms with E-state index in [2.05, 4.69) is 37.1 Å². The van der Waals surface area contributed by atoms with Crippen molar-refractivity contribution in [3.63, 3.8) is 0 Å². The third-order valence-electron chi connectivity index (χ3n) is 4.01. The van der Waals surface area contributed by atoms with Crippen molar-refractivity contribution in [1.29, 1.82) is 0 Å². The van der Waals surface area contributed by atoms with Crippen LogP contribution in [0.1, 0.15) is 24.5 Å². The number of carbonyl (C=O) groups is 1. The van der Waals surface area contributed by atoms with Crippen LogP contribution in [0.3, 0.4) is 0 Å². The molecule has 2 rings (SSSR count). The minimum atomic E-state index is 0.203. The Bertz CT molecular complexity index is 472. The second-order valence-electron chi connectivity index (χ2n) is 5.42. The Balaban J connectivity index is 2.16. The number of rotatable bonds is 4. The molecule has 4 nitrogen and oxygen atoms in total. The zero-order chi connectivity index (χ0) is 14.0. The molecule has 0 saturated carbocycles. The molecular weight excluding hydrogens is 238 g/mol. The molecule has 1 aromatic rings. The fourth-order valence-electron chi connectivity index (χ4n) is 2.43. The molecule has 1 aliphatic rings. The number of amides is 1. The lowest BCUT2D eigenvalue weighted by Gasteiger charge is -2.27. The summed E-state index contributed by atoms with van der Waals surface area (Å²) in [5.74, 6) is 0.203. The first kappa shape index (κ1) is 14.0. The lowest BCUT2D eigenvalue weighted by atomic mass is 9.99. The summed E-state index contributed by atoms with van der Waals surface area (Å²) in [5, 5.41) is 0. The average molecular weight is 261 g/mol. The molecule has 4 heteroatoms. The quantitative estimate of drug-likeness (QED) is 0.890. The number of benzene rings is 1. The van der Waals surface area contributed by atoms with Crippen molar-refractivity contribution in [2.75, 3.05) is 25.5 Å². The minimum absolute atomic E-state index is 0.203. The van der Waals surface area contributed by atoms with Gasteiger partial charge in [-0.05, 0) is 37.6 Å². The Morgan fingerprint density at radius 2 is 2.16 bits per heavy atom. The topological polar surface area (TPSA) is 49.6 Å². The van der Waals surface area contributed by atoms with Crippen LogP contribution >= 0.6 is 0 Å². The molecule has 0 bridgehead atoms. The highest BCUT2D eigenvalue weighted by molar-refractivity contribution is 5.95. The van der Waals surface area contributed by atoms with E-state index in [-0.39, 0.29) is 5.91 Å². The Kier molecular flexibility index (Phi) is 4.22. The first-order valence-corrected chi connectivity index (χ1v) is 6.81. The van der Waals surface area contributed by atoms with Crippen LogP contribution in [0, 0.1) is 0 Å². The van der Waals surface area contributed by atoms with Gasteiger partial charge in [0, 0.05) is 38.3 Å². The third-order valence-corrected chi connectivity index (χ3v) is 4.01. The fraction of sp³-hybridized carbons (Fsp3) is 0.533. The standard InChI is InChI=1S/C15H23N3O/c1-11(9-16)17(2)10-12-4-6-14-13(8-12)5-7-15(19)18(14)3/h4,6,8,11H,5,7,9-10,16H2,1-3H3. The highest BCUT2D eigenvalue weighted by Crippen LogP contribution is 2.27. The van der Waals surface area contributed by atoms with Gasteiger partial charge in [0.25, 0.3) is 0 Å². The molecule has 1 aromatic carbocycles. The lowest BCUT2D eigenvalue weighted by Crippen LogP contribution is -2.35. The molecule has 19 heavy (non-hydrogen) atoms. The van der Waals surface area contributed by atoms with E-state index < -0.39 is 0 Å². The van der Waals surface area contributed by atoms with Crippen LogP contribution in [0.2, 0.25) is 0 Å². The van der Waals surface area contributed by atoms with Crippen molar-refractivity contribution in [3.8, 4) is 0 Å². The van der Waals surface area contributed by atoms with E-state index in [9.17, 15) is 4.79 Å². The van der Waals surface area contributed by atoms with Crippen LogP contribution < -0.4 is 10.6 Å². The summed E-state index contributed by atoms with van der Waals surface area (Å²) in [5.41, 5.74) is 9.29. The molecule has 0 spiro atoms. The SMILES string of the molecule is CC(CN)N(C)Cc1ccc2c(c1)CCC(=O)N2C. The van der Waals surface area contributed by atoms with E-state index in [0.29, 0.717) is 19.0 Å². The number of anilines is 1. The van der Waals surface area contributed by atoms with E-state index in [4.69, 9.17) is 5.73 Å². The second kappa shape index (κ2) is 5.72. The number of fused-ring (bicyclic) bond motifs is 1. The van der Waals surface area contributed by atoms with Crippen molar-refractivity contribution in [3.05, 3.63) is 29.3 Å². The van der Waals surface area contributed by atoms with Crippen LogP contribution in [0.5, 0.6) is 0 Å². The molecule has 1 atom stereocenters. The number of hydrogen-bond donors (Lipinski definition) is 1. The highest BCUT2D eigenvalue weighted by Gasteiger charge is 2.21. The van der Waals surface area contributed by atoms with Gasteiger partial charge in [-0.1, -0.05) is 12.1 Å². The Morgan fingerprint density at radius 3 is 2.84 bits per heavy atom. The summed E-state index contributed by atoms with van der Waals surface area (Å²) >= 11 is 0. The van der Waals surface area contributed by atoms with Gasteiger partial charge in [0.1, 0.15) is 0 Å². The van der Waals surface area contributed by atoms with Gasteiger partial charge >= 0.3 is 0 Å².